The summed E-state index contributed by atoms with van der Waals surface area (Å²) in [5, 5.41) is 2.87. The van der Waals surface area contributed by atoms with Gasteiger partial charge in [0.05, 0.1) is 10.9 Å². The third-order valence-electron chi connectivity index (χ3n) is 2.79. The number of carbonyl (C=O) groups is 1. The van der Waals surface area contributed by atoms with E-state index in [0.717, 1.165) is 15.5 Å². The van der Waals surface area contributed by atoms with Crippen molar-refractivity contribution in [3.05, 3.63) is 54.6 Å². The van der Waals surface area contributed by atoms with Gasteiger partial charge in [-0.05, 0) is 37.4 Å². The molecule has 104 valence electrons. The van der Waals surface area contributed by atoms with Crippen molar-refractivity contribution in [1.82, 2.24) is 0 Å². The van der Waals surface area contributed by atoms with Gasteiger partial charge in [0, 0.05) is 9.79 Å². The summed E-state index contributed by atoms with van der Waals surface area (Å²) in [6.45, 7) is 1.93. The molecule has 2 aromatic rings. The van der Waals surface area contributed by atoms with Crippen molar-refractivity contribution in [2.75, 3.05) is 11.6 Å². The molecule has 20 heavy (non-hydrogen) atoms. The third-order valence-corrected chi connectivity index (χ3v) is 4.70. The van der Waals surface area contributed by atoms with Crippen LogP contribution in [-0.2, 0) is 4.79 Å². The molecule has 0 saturated carbocycles. The Balaban J connectivity index is 2.01. The molecule has 0 spiro atoms. The van der Waals surface area contributed by atoms with Crippen LogP contribution in [0.5, 0.6) is 0 Å². The van der Waals surface area contributed by atoms with Crippen LogP contribution in [0.25, 0.3) is 0 Å². The quantitative estimate of drug-likeness (QED) is 0.823. The topological polar surface area (TPSA) is 29.1 Å². The summed E-state index contributed by atoms with van der Waals surface area (Å²) in [6.07, 6.45) is 2.01. The number of thioether (sulfide) groups is 2. The zero-order valence-corrected chi connectivity index (χ0v) is 13.1. The molecule has 0 heterocycles. The molecule has 1 amide bonds. The number of hydrogen-bond acceptors (Lipinski definition) is 3. The fraction of sp³-hybridized carbons (Fsp3) is 0.188. The van der Waals surface area contributed by atoms with Crippen LogP contribution in [0.4, 0.5) is 5.69 Å². The second kappa shape index (κ2) is 7.41. The van der Waals surface area contributed by atoms with E-state index < -0.39 is 0 Å². The molecule has 0 aliphatic rings. The van der Waals surface area contributed by atoms with Gasteiger partial charge in [-0.2, -0.15) is 0 Å². The molecule has 0 aliphatic heterocycles. The first-order chi connectivity index (χ1) is 9.70. The molecule has 1 atom stereocenters. The minimum atomic E-state index is -0.132. The van der Waals surface area contributed by atoms with Crippen LogP contribution in [0.15, 0.2) is 64.4 Å². The fourth-order valence-corrected chi connectivity index (χ4v) is 3.18. The Bertz CT molecular complexity index is 572. The van der Waals surface area contributed by atoms with Crippen molar-refractivity contribution in [2.45, 2.75) is 22.0 Å². The molecule has 0 fully saturated rings. The van der Waals surface area contributed by atoms with E-state index in [-0.39, 0.29) is 11.2 Å². The lowest BCUT2D eigenvalue weighted by molar-refractivity contribution is -0.115. The molecule has 0 saturated heterocycles. The second-order valence-corrected chi connectivity index (χ2v) is 6.52. The number of benzene rings is 2. The maximum Gasteiger partial charge on any atom is 0.237 e. The Labute approximate surface area is 128 Å². The molecule has 0 aliphatic carbocycles. The van der Waals surface area contributed by atoms with E-state index in [2.05, 4.69) is 5.32 Å². The Morgan fingerprint density at radius 1 is 1.05 bits per heavy atom. The largest absolute Gasteiger partial charge is 0.324 e. The minimum absolute atomic E-state index is 0.0281. The lowest BCUT2D eigenvalue weighted by Crippen LogP contribution is -2.22. The van der Waals surface area contributed by atoms with Gasteiger partial charge < -0.3 is 5.32 Å². The van der Waals surface area contributed by atoms with Crippen molar-refractivity contribution >= 4 is 35.1 Å². The van der Waals surface area contributed by atoms with Crippen molar-refractivity contribution in [1.29, 1.82) is 0 Å². The Morgan fingerprint density at radius 3 is 2.40 bits per heavy atom. The molecule has 0 radical (unpaired) electrons. The lowest BCUT2D eigenvalue weighted by atomic mass is 10.3. The van der Waals surface area contributed by atoms with Gasteiger partial charge in [0.2, 0.25) is 5.91 Å². The van der Waals surface area contributed by atoms with E-state index in [9.17, 15) is 4.79 Å². The second-order valence-electron chi connectivity index (χ2n) is 4.26. The molecular weight excluding hydrogens is 286 g/mol. The third kappa shape index (κ3) is 4.05. The van der Waals surface area contributed by atoms with E-state index in [1.54, 1.807) is 23.5 Å². The van der Waals surface area contributed by atoms with Crippen LogP contribution in [0.2, 0.25) is 0 Å². The van der Waals surface area contributed by atoms with Crippen LogP contribution >= 0.6 is 23.5 Å². The van der Waals surface area contributed by atoms with E-state index in [4.69, 9.17) is 0 Å². The van der Waals surface area contributed by atoms with Crippen LogP contribution in [0.1, 0.15) is 6.92 Å². The van der Waals surface area contributed by atoms with Crippen molar-refractivity contribution in [3.63, 3.8) is 0 Å². The standard InChI is InChI=1S/C16H17NOS2/c1-12(20-13-8-4-3-5-9-13)16(18)17-14-10-6-7-11-15(14)19-2/h3-12H,1-2H3,(H,17,18)/t12-/m0/s1. The summed E-state index contributed by atoms with van der Waals surface area (Å²) >= 11 is 3.20. The predicted molar refractivity (Wildman–Crippen MR) is 88.6 cm³/mol. The molecule has 4 heteroatoms. The first-order valence-corrected chi connectivity index (χ1v) is 8.46. The highest BCUT2D eigenvalue weighted by atomic mass is 32.2. The maximum absolute atomic E-state index is 12.2. The fourth-order valence-electron chi connectivity index (χ4n) is 1.74. The van der Waals surface area contributed by atoms with E-state index in [1.165, 1.54) is 0 Å². The van der Waals surface area contributed by atoms with Crippen molar-refractivity contribution in [2.24, 2.45) is 0 Å². The Morgan fingerprint density at radius 2 is 1.70 bits per heavy atom. The van der Waals surface area contributed by atoms with Crippen LogP contribution in [0, 0.1) is 0 Å². The summed E-state index contributed by atoms with van der Waals surface area (Å²) in [7, 11) is 0. The minimum Gasteiger partial charge on any atom is -0.324 e. The average Bonchev–Trinajstić information content (AvgIpc) is 2.48. The molecule has 0 unspecified atom stereocenters. The van der Waals surface area contributed by atoms with Gasteiger partial charge in [-0.3, -0.25) is 4.79 Å². The first-order valence-electron chi connectivity index (χ1n) is 6.36. The number of rotatable bonds is 5. The highest BCUT2D eigenvalue weighted by Gasteiger charge is 2.15. The molecule has 2 nitrogen and oxygen atoms in total. The Hall–Kier alpha value is -1.39. The van der Waals surface area contributed by atoms with Gasteiger partial charge in [-0.25, -0.2) is 0 Å². The summed E-state index contributed by atoms with van der Waals surface area (Å²) < 4.78 is 0. The molecule has 2 aromatic carbocycles. The summed E-state index contributed by atoms with van der Waals surface area (Å²) in [5.41, 5.74) is 0.880. The zero-order chi connectivity index (χ0) is 14.4. The summed E-state index contributed by atoms with van der Waals surface area (Å²) in [5.74, 6) is 0.0281. The van der Waals surface area contributed by atoms with Gasteiger partial charge >= 0.3 is 0 Å². The van der Waals surface area contributed by atoms with Crippen molar-refractivity contribution < 1.29 is 4.79 Å². The van der Waals surface area contributed by atoms with Gasteiger partial charge in [-0.1, -0.05) is 30.3 Å². The highest BCUT2D eigenvalue weighted by molar-refractivity contribution is 8.00. The number of para-hydroxylation sites is 1. The number of amides is 1. The van der Waals surface area contributed by atoms with Crippen LogP contribution in [-0.4, -0.2) is 17.4 Å². The van der Waals surface area contributed by atoms with E-state index in [0.29, 0.717) is 0 Å². The van der Waals surface area contributed by atoms with Crippen LogP contribution < -0.4 is 5.32 Å². The molecule has 0 bridgehead atoms. The Kier molecular flexibility index (Phi) is 5.56. The average molecular weight is 303 g/mol. The van der Waals surface area contributed by atoms with E-state index in [1.807, 2.05) is 67.8 Å². The van der Waals surface area contributed by atoms with Gasteiger partial charge in [0.15, 0.2) is 0 Å². The normalized spacial score (nSPS) is 11.9. The molecular formula is C16H17NOS2. The van der Waals surface area contributed by atoms with Crippen molar-refractivity contribution in [3.8, 4) is 0 Å². The predicted octanol–water partition coefficient (Wildman–Crippen LogP) is 4.53. The van der Waals surface area contributed by atoms with Crippen LogP contribution in [0.3, 0.4) is 0 Å². The van der Waals surface area contributed by atoms with Gasteiger partial charge in [0.25, 0.3) is 0 Å². The maximum atomic E-state index is 12.2. The molecule has 0 aromatic heterocycles. The number of anilines is 1. The lowest BCUT2D eigenvalue weighted by Gasteiger charge is -2.13. The first kappa shape index (κ1) is 15.0. The molecule has 1 N–H and O–H groups in total. The van der Waals surface area contributed by atoms with E-state index >= 15 is 0 Å². The zero-order valence-electron chi connectivity index (χ0n) is 11.5. The number of carbonyl (C=O) groups excluding carboxylic acids is 1. The van der Waals surface area contributed by atoms with Gasteiger partial charge in [-0.15, -0.1) is 23.5 Å². The SMILES string of the molecule is CSc1ccccc1NC(=O)[C@H](C)Sc1ccccc1. The summed E-state index contributed by atoms with van der Waals surface area (Å²) in [4.78, 5) is 14.4. The molecule has 2 rings (SSSR count). The monoisotopic (exact) mass is 303 g/mol. The number of nitrogens with one attached hydrogen (secondary N) is 1. The smallest absolute Gasteiger partial charge is 0.237 e. The van der Waals surface area contributed by atoms with Gasteiger partial charge in [0.1, 0.15) is 0 Å². The highest BCUT2D eigenvalue weighted by Crippen LogP contribution is 2.27. The number of hydrogen-bond donors (Lipinski definition) is 1. The summed E-state index contributed by atoms with van der Waals surface area (Å²) in [6, 6.07) is 17.8.